The smallest absolute Gasteiger partial charge is 0.226 e. The van der Waals surface area contributed by atoms with Crippen LogP contribution < -0.4 is 0 Å². The van der Waals surface area contributed by atoms with Crippen LogP contribution in [0.15, 0.2) is 54.6 Å². The number of fused-ring (bicyclic) bond motifs is 1. The SMILES string of the molecule is CCCCCCCCC(C#Cc1ccccc1)(OCC)n1nnc2ccccc21. The monoisotopic (exact) mass is 389 g/mol. The molecule has 0 amide bonds. The van der Waals surface area contributed by atoms with Gasteiger partial charge in [-0.15, -0.1) is 5.10 Å². The molecule has 1 unspecified atom stereocenters. The van der Waals surface area contributed by atoms with Gasteiger partial charge in [0.2, 0.25) is 5.72 Å². The maximum Gasteiger partial charge on any atom is 0.226 e. The molecular formula is C25H31N3O. The Morgan fingerprint density at radius 3 is 2.41 bits per heavy atom. The third-order valence-corrected chi connectivity index (χ3v) is 5.12. The Morgan fingerprint density at radius 2 is 1.62 bits per heavy atom. The highest BCUT2D eigenvalue weighted by atomic mass is 16.5. The fraction of sp³-hybridized carbons (Fsp3) is 0.440. The highest BCUT2D eigenvalue weighted by Crippen LogP contribution is 2.29. The zero-order valence-corrected chi connectivity index (χ0v) is 17.6. The summed E-state index contributed by atoms with van der Waals surface area (Å²) in [6, 6.07) is 18.1. The molecule has 0 spiro atoms. The minimum absolute atomic E-state index is 0.563. The predicted octanol–water partition coefficient (Wildman–Crippen LogP) is 5.92. The molecule has 3 aromatic rings. The molecule has 1 atom stereocenters. The first-order valence-electron chi connectivity index (χ1n) is 10.8. The molecular weight excluding hydrogens is 358 g/mol. The minimum atomic E-state index is -0.814. The maximum absolute atomic E-state index is 6.32. The molecule has 2 aromatic carbocycles. The van der Waals surface area contributed by atoms with Crippen molar-refractivity contribution in [3.05, 3.63) is 60.2 Å². The first-order chi connectivity index (χ1) is 14.3. The third kappa shape index (κ3) is 5.46. The average molecular weight is 390 g/mol. The maximum atomic E-state index is 6.32. The molecule has 0 N–H and O–H groups in total. The van der Waals surface area contributed by atoms with E-state index in [1.165, 1.54) is 32.1 Å². The van der Waals surface area contributed by atoms with Crippen LogP contribution in [0.2, 0.25) is 0 Å². The number of para-hydroxylation sites is 1. The fourth-order valence-electron chi connectivity index (χ4n) is 3.60. The van der Waals surface area contributed by atoms with Gasteiger partial charge in [-0.05, 0) is 43.5 Å². The summed E-state index contributed by atoms with van der Waals surface area (Å²) in [5.41, 5.74) is 1.98. The topological polar surface area (TPSA) is 39.9 Å². The van der Waals surface area contributed by atoms with Crippen molar-refractivity contribution >= 4 is 11.0 Å². The number of nitrogens with zero attached hydrogens (tertiary/aromatic N) is 3. The molecule has 0 radical (unpaired) electrons. The van der Waals surface area contributed by atoms with Gasteiger partial charge >= 0.3 is 0 Å². The van der Waals surface area contributed by atoms with Gasteiger partial charge in [0.05, 0.1) is 5.52 Å². The van der Waals surface area contributed by atoms with E-state index >= 15 is 0 Å². The van der Waals surface area contributed by atoms with Crippen LogP contribution in [-0.4, -0.2) is 21.6 Å². The lowest BCUT2D eigenvalue weighted by molar-refractivity contribution is -0.0679. The molecule has 0 aliphatic rings. The van der Waals surface area contributed by atoms with E-state index in [1.54, 1.807) is 0 Å². The lowest BCUT2D eigenvalue weighted by atomic mass is 10.0. The van der Waals surface area contributed by atoms with Crippen LogP contribution in [0.4, 0.5) is 0 Å². The normalized spacial score (nSPS) is 13.0. The molecule has 3 rings (SSSR count). The molecule has 0 saturated carbocycles. The average Bonchev–Trinajstić information content (AvgIpc) is 3.20. The lowest BCUT2D eigenvalue weighted by Crippen LogP contribution is -2.36. The number of hydrogen-bond donors (Lipinski definition) is 0. The van der Waals surface area contributed by atoms with Crippen LogP contribution >= 0.6 is 0 Å². The van der Waals surface area contributed by atoms with Crippen molar-refractivity contribution in [1.29, 1.82) is 0 Å². The van der Waals surface area contributed by atoms with Gasteiger partial charge in [-0.3, -0.25) is 0 Å². The molecule has 1 heterocycles. The van der Waals surface area contributed by atoms with Gasteiger partial charge in [0.15, 0.2) is 0 Å². The van der Waals surface area contributed by atoms with Gasteiger partial charge < -0.3 is 4.74 Å². The van der Waals surface area contributed by atoms with Crippen molar-refractivity contribution < 1.29 is 4.74 Å². The van der Waals surface area contributed by atoms with Crippen molar-refractivity contribution in [3.63, 3.8) is 0 Å². The second-order valence-electron chi connectivity index (χ2n) is 7.34. The standard InChI is InChI=1S/C25H31N3O/c1-3-5-6-7-8-14-20-25(29-4-2,21-19-22-15-10-9-11-16-22)28-24-18-13-12-17-23(24)26-27-28/h9-13,15-18H,3-8,14,20H2,1-2H3. The Hall–Kier alpha value is -2.64. The van der Waals surface area contributed by atoms with Crippen LogP contribution in [-0.2, 0) is 10.5 Å². The molecule has 4 nitrogen and oxygen atoms in total. The number of rotatable bonds is 10. The van der Waals surface area contributed by atoms with E-state index in [0.717, 1.165) is 29.4 Å². The van der Waals surface area contributed by atoms with Crippen molar-refractivity contribution in [3.8, 4) is 11.8 Å². The molecule has 152 valence electrons. The summed E-state index contributed by atoms with van der Waals surface area (Å²) in [6.07, 6.45) is 8.12. The van der Waals surface area contributed by atoms with Crippen molar-refractivity contribution in [2.45, 2.75) is 64.5 Å². The van der Waals surface area contributed by atoms with Gasteiger partial charge in [0.25, 0.3) is 0 Å². The molecule has 0 aliphatic heterocycles. The van der Waals surface area contributed by atoms with Crippen LogP contribution in [0.3, 0.4) is 0 Å². The summed E-state index contributed by atoms with van der Waals surface area (Å²) >= 11 is 0. The summed E-state index contributed by atoms with van der Waals surface area (Å²) in [5, 5.41) is 8.82. The van der Waals surface area contributed by atoms with E-state index in [9.17, 15) is 0 Å². The first kappa shape index (κ1) is 21.1. The summed E-state index contributed by atoms with van der Waals surface area (Å²) in [5.74, 6) is 6.76. The number of ether oxygens (including phenoxy) is 1. The molecule has 0 bridgehead atoms. The fourth-order valence-corrected chi connectivity index (χ4v) is 3.60. The Morgan fingerprint density at radius 1 is 0.897 bits per heavy atom. The Labute approximate surface area is 174 Å². The summed E-state index contributed by atoms with van der Waals surface area (Å²) < 4.78 is 8.20. The number of hydrogen-bond acceptors (Lipinski definition) is 3. The Kier molecular flexibility index (Phi) is 7.84. The van der Waals surface area contributed by atoms with Gasteiger partial charge in [0.1, 0.15) is 5.52 Å². The van der Waals surface area contributed by atoms with E-state index in [4.69, 9.17) is 4.74 Å². The zero-order valence-electron chi connectivity index (χ0n) is 17.6. The number of aromatic nitrogens is 3. The first-order valence-corrected chi connectivity index (χ1v) is 10.8. The van der Waals surface area contributed by atoms with Gasteiger partial charge in [-0.25, -0.2) is 4.68 Å². The lowest BCUT2D eigenvalue weighted by Gasteiger charge is -2.29. The zero-order chi connectivity index (χ0) is 20.4. The predicted molar refractivity (Wildman–Crippen MR) is 118 cm³/mol. The molecule has 0 aliphatic carbocycles. The second kappa shape index (κ2) is 10.8. The van der Waals surface area contributed by atoms with Crippen LogP contribution in [0.25, 0.3) is 11.0 Å². The van der Waals surface area contributed by atoms with Gasteiger partial charge in [-0.2, -0.15) is 0 Å². The summed E-state index contributed by atoms with van der Waals surface area (Å²) in [6.45, 7) is 4.82. The van der Waals surface area contributed by atoms with Crippen LogP contribution in [0.5, 0.6) is 0 Å². The Balaban J connectivity index is 1.93. The summed E-state index contributed by atoms with van der Waals surface area (Å²) in [4.78, 5) is 0. The van der Waals surface area contributed by atoms with Crippen molar-refractivity contribution in [2.24, 2.45) is 0 Å². The third-order valence-electron chi connectivity index (χ3n) is 5.12. The molecule has 1 aromatic heterocycles. The largest absolute Gasteiger partial charge is 0.344 e. The highest BCUT2D eigenvalue weighted by molar-refractivity contribution is 5.74. The molecule has 0 fully saturated rings. The number of unbranched alkanes of at least 4 members (excludes halogenated alkanes) is 5. The van der Waals surface area contributed by atoms with E-state index in [1.807, 2.05) is 66.2 Å². The highest BCUT2D eigenvalue weighted by Gasteiger charge is 2.33. The molecule has 0 saturated heterocycles. The van der Waals surface area contributed by atoms with Crippen LogP contribution in [0, 0.1) is 11.8 Å². The van der Waals surface area contributed by atoms with E-state index < -0.39 is 5.72 Å². The quantitative estimate of drug-likeness (QED) is 0.319. The number of benzene rings is 2. The Bertz CT molecular complexity index is 939. The van der Waals surface area contributed by atoms with E-state index in [0.29, 0.717) is 6.61 Å². The van der Waals surface area contributed by atoms with Crippen molar-refractivity contribution in [1.82, 2.24) is 15.0 Å². The minimum Gasteiger partial charge on any atom is -0.344 e. The van der Waals surface area contributed by atoms with E-state index in [2.05, 4.69) is 29.1 Å². The van der Waals surface area contributed by atoms with Gasteiger partial charge in [-0.1, -0.05) is 80.5 Å². The summed E-state index contributed by atoms with van der Waals surface area (Å²) in [7, 11) is 0. The van der Waals surface area contributed by atoms with Gasteiger partial charge in [0, 0.05) is 18.6 Å². The van der Waals surface area contributed by atoms with Crippen molar-refractivity contribution in [2.75, 3.05) is 6.61 Å². The molecule has 29 heavy (non-hydrogen) atoms. The molecule has 4 heteroatoms. The van der Waals surface area contributed by atoms with Crippen LogP contribution in [0.1, 0.15) is 64.4 Å². The van der Waals surface area contributed by atoms with E-state index in [-0.39, 0.29) is 0 Å². The second-order valence-corrected chi connectivity index (χ2v) is 7.34.